The molecule has 17 heavy (non-hydrogen) atoms. The predicted octanol–water partition coefficient (Wildman–Crippen LogP) is 3.39. The molecule has 0 spiro atoms. The minimum absolute atomic E-state index is 0.204. The van der Waals surface area contributed by atoms with Gasteiger partial charge < -0.3 is 0 Å². The largest absolute Gasteiger partial charge is 0.355 e. The van der Waals surface area contributed by atoms with Gasteiger partial charge in [-0.1, -0.05) is 46.5 Å². The van der Waals surface area contributed by atoms with Crippen molar-refractivity contribution in [2.75, 3.05) is 0 Å². The van der Waals surface area contributed by atoms with E-state index in [0.29, 0.717) is 6.42 Å². The van der Waals surface area contributed by atoms with Crippen LogP contribution in [0.3, 0.4) is 0 Å². The number of hydrogen-bond acceptors (Lipinski definition) is 4. The summed E-state index contributed by atoms with van der Waals surface area (Å²) >= 11 is 0. The zero-order valence-corrected chi connectivity index (χ0v) is 11.2. The minimum atomic E-state index is -0.487. The predicted molar refractivity (Wildman–Crippen MR) is 65.0 cm³/mol. The lowest BCUT2D eigenvalue weighted by molar-refractivity contribution is -0.259. The molecule has 0 aliphatic heterocycles. The Labute approximate surface area is 104 Å². The summed E-state index contributed by atoms with van der Waals surface area (Å²) in [6.45, 7) is 5.94. The first-order chi connectivity index (χ1) is 8.06. The van der Waals surface area contributed by atoms with Crippen LogP contribution < -0.4 is 0 Å². The first-order valence-corrected chi connectivity index (χ1v) is 6.46. The summed E-state index contributed by atoms with van der Waals surface area (Å²) in [6.07, 6.45) is 5.90. The Morgan fingerprint density at radius 1 is 0.941 bits per heavy atom. The van der Waals surface area contributed by atoms with E-state index in [2.05, 4.69) is 16.7 Å². The molecule has 4 nitrogen and oxygen atoms in total. The van der Waals surface area contributed by atoms with Gasteiger partial charge >= 0.3 is 11.9 Å². The minimum Gasteiger partial charge on any atom is -0.247 e. The standard InChI is InChI=1S/C13H24O4/c1-4-5-6-7-8-9-12(14)16-17-13(15)10-11(2)3/h11H,4-10H2,1-3H3. The maximum absolute atomic E-state index is 11.2. The highest BCUT2D eigenvalue weighted by Gasteiger charge is 2.11. The van der Waals surface area contributed by atoms with Crippen LogP contribution in [0.1, 0.15) is 65.7 Å². The first-order valence-electron chi connectivity index (χ1n) is 6.46. The quantitative estimate of drug-likeness (QED) is 0.373. The molecule has 0 radical (unpaired) electrons. The van der Waals surface area contributed by atoms with Gasteiger partial charge in [-0.05, 0) is 12.3 Å². The van der Waals surface area contributed by atoms with Crippen molar-refractivity contribution in [3.63, 3.8) is 0 Å². The topological polar surface area (TPSA) is 52.6 Å². The third-order valence-electron chi connectivity index (χ3n) is 2.29. The van der Waals surface area contributed by atoms with Crippen molar-refractivity contribution in [1.29, 1.82) is 0 Å². The highest BCUT2D eigenvalue weighted by atomic mass is 17.2. The molecule has 0 aliphatic rings. The van der Waals surface area contributed by atoms with Crippen LogP contribution in [0, 0.1) is 5.92 Å². The van der Waals surface area contributed by atoms with Gasteiger partial charge in [-0.25, -0.2) is 19.4 Å². The van der Waals surface area contributed by atoms with Gasteiger partial charge in [0.15, 0.2) is 0 Å². The van der Waals surface area contributed by atoms with Crippen LogP contribution >= 0.6 is 0 Å². The fourth-order valence-corrected chi connectivity index (χ4v) is 1.37. The molecule has 0 aromatic heterocycles. The van der Waals surface area contributed by atoms with Crippen LogP contribution in [0.25, 0.3) is 0 Å². The highest BCUT2D eigenvalue weighted by Crippen LogP contribution is 2.06. The van der Waals surface area contributed by atoms with Crippen LogP contribution in [0.2, 0.25) is 0 Å². The summed E-state index contributed by atoms with van der Waals surface area (Å²) in [5, 5.41) is 0. The average molecular weight is 244 g/mol. The molecule has 0 N–H and O–H groups in total. The molecular weight excluding hydrogens is 220 g/mol. The fraction of sp³-hybridized carbons (Fsp3) is 0.846. The summed E-state index contributed by atoms with van der Waals surface area (Å²) in [7, 11) is 0. The second-order valence-corrected chi connectivity index (χ2v) is 4.67. The normalized spacial score (nSPS) is 10.4. The van der Waals surface area contributed by atoms with Gasteiger partial charge in [0, 0.05) is 0 Å². The van der Waals surface area contributed by atoms with Gasteiger partial charge in [-0.3, -0.25) is 0 Å². The molecule has 0 bridgehead atoms. The molecule has 0 rings (SSSR count). The molecule has 0 aromatic rings. The summed E-state index contributed by atoms with van der Waals surface area (Å²) in [4.78, 5) is 31.1. The monoisotopic (exact) mass is 244 g/mol. The van der Waals surface area contributed by atoms with E-state index in [9.17, 15) is 9.59 Å². The molecule has 0 aliphatic carbocycles. The fourth-order valence-electron chi connectivity index (χ4n) is 1.37. The Hall–Kier alpha value is -1.06. The van der Waals surface area contributed by atoms with Gasteiger partial charge in [0.25, 0.3) is 0 Å². The maximum Gasteiger partial charge on any atom is 0.355 e. The van der Waals surface area contributed by atoms with Crippen LogP contribution in [0.4, 0.5) is 0 Å². The summed E-state index contributed by atoms with van der Waals surface area (Å²) in [5.41, 5.74) is 0. The van der Waals surface area contributed by atoms with Crippen molar-refractivity contribution in [3.8, 4) is 0 Å². The summed E-state index contributed by atoms with van der Waals surface area (Å²) in [5.74, 6) is -0.742. The molecule has 0 aromatic carbocycles. The maximum atomic E-state index is 11.2. The van der Waals surface area contributed by atoms with Crippen LogP contribution in [0.5, 0.6) is 0 Å². The van der Waals surface area contributed by atoms with E-state index >= 15 is 0 Å². The number of carbonyl (C=O) groups is 2. The first kappa shape index (κ1) is 15.9. The molecule has 0 saturated heterocycles. The second-order valence-electron chi connectivity index (χ2n) is 4.67. The van der Waals surface area contributed by atoms with Crippen molar-refractivity contribution >= 4 is 11.9 Å². The van der Waals surface area contributed by atoms with Gasteiger partial charge in [-0.15, -0.1) is 0 Å². The van der Waals surface area contributed by atoms with Crippen molar-refractivity contribution in [2.45, 2.75) is 65.7 Å². The number of hydrogen-bond donors (Lipinski definition) is 0. The molecule has 0 fully saturated rings. The average Bonchev–Trinajstić information content (AvgIpc) is 2.25. The van der Waals surface area contributed by atoms with Gasteiger partial charge in [0.1, 0.15) is 0 Å². The van der Waals surface area contributed by atoms with Crippen LogP contribution in [-0.2, 0) is 19.4 Å². The molecule has 100 valence electrons. The Morgan fingerprint density at radius 3 is 2.12 bits per heavy atom. The zero-order valence-electron chi connectivity index (χ0n) is 11.2. The Balaban J connectivity index is 3.43. The van der Waals surface area contributed by atoms with E-state index in [-0.39, 0.29) is 12.3 Å². The lowest BCUT2D eigenvalue weighted by atomic mass is 10.1. The second kappa shape index (κ2) is 10.1. The molecule has 4 heteroatoms. The van der Waals surface area contributed by atoms with Crippen molar-refractivity contribution in [3.05, 3.63) is 0 Å². The van der Waals surface area contributed by atoms with Gasteiger partial charge in [0.2, 0.25) is 0 Å². The van der Waals surface area contributed by atoms with Crippen LogP contribution in [0.15, 0.2) is 0 Å². The van der Waals surface area contributed by atoms with E-state index in [1.165, 1.54) is 12.8 Å². The summed E-state index contributed by atoms with van der Waals surface area (Å²) < 4.78 is 0. The molecule has 0 amide bonds. The summed E-state index contributed by atoms with van der Waals surface area (Å²) in [6, 6.07) is 0. The number of unbranched alkanes of at least 4 members (excludes halogenated alkanes) is 4. The SMILES string of the molecule is CCCCCCCC(=O)OOC(=O)CC(C)C. The smallest absolute Gasteiger partial charge is 0.247 e. The molecule has 0 saturated carbocycles. The van der Waals surface area contributed by atoms with E-state index in [1.54, 1.807) is 0 Å². The lowest BCUT2D eigenvalue weighted by Crippen LogP contribution is -2.12. The van der Waals surface area contributed by atoms with Gasteiger partial charge in [-0.2, -0.15) is 0 Å². The molecule has 0 unspecified atom stereocenters. The molecule has 0 heterocycles. The number of rotatable bonds is 8. The van der Waals surface area contributed by atoms with Crippen LogP contribution in [-0.4, -0.2) is 11.9 Å². The Morgan fingerprint density at radius 2 is 1.53 bits per heavy atom. The van der Waals surface area contributed by atoms with E-state index in [4.69, 9.17) is 0 Å². The highest BCUT2D eigenvalue weighted by molar-refractivity contribution is 5.72. The molecular formula is C13H24O4. The van der Waals surface area contributed by atoms with E-state index < -0.39 is 11.9 Å². The van der Waals surface area contributed by atoms with E-state index in [0.717, 1.165) is 19.3 Å². The third-order valence-corrected chi connectivity index (χ3v) is 2.29. The van der Waals surface area contributed by atoms with Crippen molar-refractivity contribution < 1.29 is 19.4 Å². The lowest BCUT2D eigenvalue weighted by Gasteiger charge is -2.04. The zero-order chi connectivity index (χ0) is 13.1. The number of carbonyl (C=O) groups excluding carboxylic acids is 2. The Bertz CT molecular complexity index is 223. The molecule has 0 atom stereocenters. The third kappa shape index (κ3) is 11.2. The van der Waals surface area contributed by atoms with Crippen molar-refractivity contribution in [2.24, 2.45) is 5.92 Å². The van der Waals surface area contributed by atoms with E-state index in [1.807, 2.05) is 13.8 Å². The van der Waals surface area contributed by atoms with Gasteiger partial charge in [0.05, 0.1) is 12.8 Å². The van der Waals surface area contributed by atoms with Crippen molar-refractivity contribution in [1.82, 2.24) is 0 Å². The Kier molecular flexibility index (Phi) is 9.49.